The maximum Gasteiger partial charge on any atom is 0.0700 e. The summed E-state index contributed by atoms with van der Waals surface area (Å²) in [6.45, 7) is 6.28. The van der Waals surface area contributed by atoms with Crippen LogP contribution in [0.15, 0.2) is 22.7 Å². The molecule has 4 heteroatoms. The smallest absolute Gasteiger partial charge is 0.0700 e. The molecule has 0 spiro atoms. The molecule has 0 aliphatic rings. The molecule has 0 saturated heterocycles. The standard InChI is InChI=1S/C15H24BrNO2/c1-13-11-14(5-6-15(13)16)12-17-7-3-4-8-19-10-9-18-2/h5-6,11,17H,3-4,7-10,12H2,1-2H3. The van der Waals surface area contributed by atoms with Crippen molar-refractivity contribution in [2.24, 2.45) is 0 Å². The van der Waals surface area contributed by atoms with Crippen molar-refractivity contribution < 1.29 is 9.47 Å². The van der Waals surface area contributed by atoms with Crippen molar-refractivity contribution >= 4 is 15.9 Å². The predicted octanol–water partition coefficient (Wildman–Crippen LogP) is 3.29. The van der Waals surface area contributed by atoms with Crippen LogP contribution in [0.3, 0.4) is 0 Å². The third-order valence-electron chi connectivity index (χ3n) is 2.88. The van der Waals surface area contributed by atoms with Gasteiger partial charge in [0, 0.05) is 24.7 Å². The van der Waals surface area contributed by atoms with Crippen LogP contribution in [-0.2, 0) is 16.0 Å². The Bertz CT molecular complexity index is 358. The van der Waals surface area contributed by atoms with Gasteiger partial charge < -0.3 is 14.8 Å². The summed E-state index contributed by atoms with van der Waals surface area (Å²) in [5.74, 6) is 0. The number of methoxy groups -OCH3 is 1. The molecule has 0 unspecified atom stereocenters. The van der Waals surface area contributed by atoms with E-state index in [2.05, 4.69) is 46.4 Å². The highest BCUT2D eigenvalue weighted by Gasteiger charge is 1.97. The van der Waals surface area contributed by atoms with Crippen LogP contribution in [0.5, 0.6) is 0 Å². The van der Waals surface area contributed by atoms with Gasteiger partial charge in [-0.1, -0.05) is 28.1 Å². The minimum atomic E-state index is 0.682. The van der Waals surface area contributed by atoms with Crippen LogP contribution in [0.1, 0.15) is 24.0 Å². The minimum Gasteiger partial charge on any atom is -0.382 e. The number of nitrogens with one attached hydrogen (secondary N) is 1. The van der Waals surface area contributed by atoms with Crippen LogP contribution >= 0.6 is 15.9 Å². The fourth-order valence-corrected chi connectivity index (χ4v) is 1.99. The predicted molar refractivity (Wildman–Crippen MR) is 82.5 cm³/mol. The summed E-state index contributed by atoms with van der Waals surface area (Å²) in [7, 11) is 1.69. The number of ether oxygens (including phenoxy) is 2. The van der Waals surface area contributed by atoms with E-state index in [0.29, 0.717) is 13.2 Å². The molecule has 1 aromatic rings. The van der Waals surface area contributed by atoms with Gasteiger partial charge in [-0.15, -0.1) is 0 Å². The quantitative estimate of drug-likeness (QED) is 0.668. The van der Waals surface area contributed by atoms with Gasteiger partial charge in [0.1, 0.15) is 0 Å². The van der Waals surface area contributed by atoms with Gasteiger partial charge in [-0.25, -0.2) is 0 Å². The average molecular weight is 330 g/mol. The second-order valence-corrected chi connectivity index (χ2v) is 5.43. The van der Waals surface area contributed by atoms with E-state index in [1.54, 1.807) is 7.11 Å². The van der Waals surface area contributed by atoms with E-state index in [-0.39, 0.29) is 0 Å². The average Bonchev–Trinajstić information content (AvgIpc) is 2.41. The molecular formula is C15H24BrNO2. The lowest BCUT2D eigenvalue weighted by Crippen LogP contribution is -2.15. The lowest BCUT2D eigenvalue weighted by Gasteiger charge is -2.07. The van der Waals surface area contributed by atoms with Gasteiger partial charge in [0.2, 0.25) is 0 Å². The Balaban J connectivity index is 2.00. The molecular weight excluding hydrogens is 306 g/mol. The molecule has 0 aliphatic heterocycles. The van der Waals surface area contributed by atoms with E-state index in [1.165, 1.54) is 15.6 Å². The minimum absolute atomic E-state index is 0.682. The van der Waals surface area contributed by atoms with Crippen molar-refractivity contribution in [1.82, 2.24) is 5.32 Å². The summed E-state index contributed by atoms with van der Waals surface area (Å²) in [6, 6.07) is 6.47. The van der Waals surface area contributed by atoms with E-state index in [4.69, 9.17) is 9.47 Å². The van der Waals surface area contributed by atoms with E-state index < -0.39 is 0 Å². The Labute approximate surface area is 124 Å². The van der Waals surface area contributed by atoms with Crippen LogP contribution in [0, 0.1) is 6.92 Å². The first-order valence-corrected chi connectivity index (χ1v) is 7.55. The largest absolute Gasteiger partial charge is 0.382 e. The van der Waals surface area contributed by atoms with E-state index in [9.17, 15) is 0 Å². The fourth-order valence-electron chi connectivity index (χ4n) is 1.75. The number of benzene rings is 1. The SMILES string of the molecule is COCCOCCCCNCc1ccc(Br)c(C)c1. The first-order valence-electron chi connectivity index (χ1n) is 6.76. The molecule has 1 aromatic carbocycles. The van der Waals surface area contributed by atoms with Crippen molar-refractivity contribution in [3.8, 4) is 0 Å². The van der Waals surface area contributed by atoms with Gasteiger partial charge in [0.15, 0.2) is 0 Å². The van der Waals surface area contributed by atoms with Crippen LogP contribution in [0.25, 0.3) is 0 Å². The summed E-state index contributed by atoms with van der Waals surface area (Å²) in [6.07, 6.45) is 2.23. The Hall–Kier alpha value is -0.420. The summed E-state index contributed by atoms with van der Waals surface area (Å²) in [4.78, 5) is 0. The number of aryl methyl sites for hydroxylation is 1. The highest BCUT2D eigenvalue weighted by molar-refractivity contribution is 9.10. The number of hydrogen-bond acceptors (Lipinski definition) is 3. The molecule has 0 atom stereocenters. The number of rotatable bonds is 10. The zero-order valence-electron chi connectivity index (χ0n) is 11.9. The second-order valence-electron chi connectivity index (χ2n) is 4.57. The normalized spacial score (nSPS) is 10.9. The van der Waals surface area contributed by atoms with E-state index >= 15 is 0 Å². The Kier molecular flexibility index (Phi) is 9.08. The molecule has 0 heterocycles. The lowest BCUT2D eigenvalue weighted by atomic mass is 10.1. The van der Waals surface area contributed by atoms with Crippen LogP contribution in [-0.4, -0.2) is 33.5 Å². The Morgan fingerprint density at radius 2 is 2.00 bits per heavy atom. The lowest BCUT2D eigenvalue weighted by molar-refractivity contribution is 0.0688. The molecule has 0 amide bonds. The van der Waals surface area contributed by atoms with Gasteiger partial charge in [0.25, 0.3) is 0 Å². The molecule has 0 aromatic heterocycles. The first-order chi connectivity index (χ1) is 9.24. The van der Waals surface area contributed by atoms with Crippen molar-refractivity contribution in [3.05, 3.63) is 33.8 Å². The maximum atomic E-state index is 5.41. The van der Waals surface area contributed by atoms with E-state index in [0.717, 1.165) is 32.5 Å². The van der Waals surface area contributed by atoms with Crippen LogP contribution < -0.4 is 5.32 Å². The topological polar surface area (TPSA) is 30.5 Å². The van der Waals surface area contributed by atoms with Crippen molar-refractivity contribution in [1.29, 1.82) is 0 Å². The zero-order chi connectivity index (χ0) is 13.9. The second kappa shape index (κ2) is 10.4. The van der Waals surface area contributed by atoms with Crippen molar-refractivity contribution in [2.75, 3.05) is 33.5 Å². The van der Waals surface area contributed by atoms with Crippen molar-refractivity contribution in [2.45, 2.75) is 26.3 Å². The fraction of sp³-hybridized carbons (Fsp3) is 0.600. The zero-order valence-corrected chi connectivity index (χ0v) is 13.5. The van der Waals surface area contributed by atoms with Crippen molar-refractivity contribution in [3.63, 3.8) is 0 Å². The summed E-state index contributed by atoms with van der Waals surface area (Å²) >= 11 is 3.51. The van der Waals surface area contributed by atoms with Gasteiger partial charge >= 0.3 is 0 Å². The molecule has 0 bridgehead atoms. The molecule has 108 valence electrons. The van der Waals surface area contributed by atoms with E-state index in [1.807, 2.05) is 0 Å². The summed E-state index contributed by atoms with van der Waals surface area (Å²) < 4.78 is 11.5. The third-order valence-corrected chi connectivity index (χ3v) is 3.77. The van der Waals surface area contributed by atoms with Gasteiger partial charge in [-0.05, 0) is 43.5 Å². The molecule has 0 fully saturated rings. The first kappa shape index (κ1) is 16.6. The molecule has 0 radical (unpaired) electrons. The monoisotopic (exact) mass is 329 g/mol. The number of halogens is 1. The Morgan fingerprint density at radius 1 is 1.16 bits per heavy atom. The molecule has 1 N–H and O–H groups in total. The molecule has 3 nitrogen and oxygen atoms in total. The molecule has 0 saturated carbocycles. The molecule has 19 heavy (non-hydrogen) atoms. The number of unbranched alkanes of at least 4 members (excludes halogenated alkanes) is 1. The highest BCUT2D eigenvalue weighted by atomic mass is 79.9. The summed E-state index contributed by atoms with van der Waals surface area (Å²) in [5, 5.41) is 3.45. The maximum absolute atomic E-state index is 5.41. The number of hydrogen-bond donors (Lipinski definition) is 1. The van der Waals surface area contributed by atoms with Crippen LogP contribution in [0.4, 0.5) is 0 Å². The van der Waals surface area contributed by atoms with Gasteiger partial charge in [-0.2, -0.15) is 0 Å². The Morgan fingerprint density at radius 3 is 2.74 bits per heavy atom. The van der Waals surface area contributed by atoms with Gasteiger partial charge in [0.05, 0.1) is 13.2 Å². The van der Waals surface area contributed by atoms with Gasteiger partial charge in [-0.3, -0.25) is 0 Å². The highest BCUT2D eigenvalue weighted by Crippen LogP contribution is 2.16. The molecule has 1 rings (SSSR count). The molecule has 0 aliphatic carbocycles. The third kappa shape index (κ3) is 7.67. The summed E-state index contributed by atoms with van der Waals surface area (Å²) in [5.41, 5.74) is 2.61. The van der Waals surface area contributed by atoms with Crippen LogP contribution in [0.2, 0.25) is 0 Å².